The number of thioether (sulfide) groups is 2. The monoisotopic (exact) mass is 404 g/mol. The predicted octanol–water partition coefficient (Wildman–Crippen LogP) is 3.62. The largest absolute Gasteiger partial charge is 0.481 e. The van der Waals surface area contributed by atoms with Crippen molar-refractivity contribution in [1.82, 2.24) is 0 Å². The quantitative estimate of drug-likeness (QED) is 0.277. The highest BCUT2D eigenvalue weighted by atomic mass is 32.2. The Morgan fingerprint density at radius 1 is 0.917 bits per heavy atom. The number of hydrogen-bond donors (Lipinski definition) is 3. The number of unbranched alkanes of at least 4 members (excludes halogenated alkanes) is 1. The van der Waals surface area contributed by atoms with Crippen molar-refractivity contribution in [3.8, 4) is 0 Å². The molecular weight excluding hydrogens is 386 g/mol. The van der Waals surface area contributed by atoms with Crippen LogP contribution in [0.4, 0.5) is 26.3 Å². The molecule has 0 radical (unpaired) electrons. The number of carbonyl (C=O) groups is 1. The van der Waals surface area contributed by atoms with Gasteiger partial charge in [-0.1, -0.05) is 6.42 Å². The number of hydrogen-bond acceptors (Lipinski definition) is 5. The predicted molar refractivity (Wildman–Crippen MR) is 78.7 cm³/mol. The SMILES string of the molecule is O=C(O)CCCCC(CCSC(O)C(F)(F)F)SC(O)C(F)(F)F. The van der Waals surface area contributed by atoms with Gasteiger partial charge in [0.05, 0.1) is 0 Å². The molecule has 0 aromatic rings. The Balaban J connectivity index is 4.43. The molecule has 0 amide bonds. The molecular formula is C12H18F6O4S2. The first-order chi connectivity index (χ1) is 10.8. The minimum Gasteiger partial charge on any atom is -0.481 e. The third-order valence-corrected chi connectivity index (χ3v) is 5.20. The van der Waals surface area contributed by atoms with Crippen molar-refractivity contribution in [3.63, 3.8) is 0 Å². The Bertz CT molecular complexity index is 378. The van der Waals surface area contributed by atoms with Gasteiger partial charge in [0.2, 0.25) is 0 Å². The zero-order chi connectivity index (χ0) is 19.0. The number of alkyl halides is 6. The molecule has 0 aliphatic heterocycles. The lowest BCUT2D eigenvalue weighted by atomic mass is 10.1. The fraction of sp³-hybridized carbons (Fsp3) is 0.917. The van der Waals surface area contributed by atoms with E-state index in [-0.39, 0.29) is 61.4 Å². The summed E-state index contributed by atoms with van der Waals surface area (Å²) in [6.07, 6.45) is -9.34. The lowest BCUT2D eigenvalue weighted by molar-refractivity contribution is -0.173. The first-order valence-electron chi connectivity index (χ1n) is 6.82. The van der Waals surface area contributed by atoms with Gasteiger partial charge in [-0.2, -0.15) is 26.3 Å². The average molecular weight is 404 g/mol. The van der Waals surface area contributed by atoms with Crippen LogP contribution in [0.3, 0.4) is 0 Å². The van der Waals surface area contributed by atoms with Gasteiger partial charge in [-0.15, -0.1) is 23.5 Å². The number of aliphatic hydroxyl groups excluding tert-OH is 2. The number of carboxylic acids is 1. The van der Waals surface area contributed by atoms with Crippen molar-refractivity contribution < 1.29 is 46.5 Å². The second-order valence-electron chi connectivity index (χ2n) is 4.85. The van der Waals surface area contributed by atoms with Gasteiger partial charge in [0.25, 0.3) is 0 Å². The van der Waals surface area contributed by atoms with Crippen LogP contribution in [0, 0.1) is 0 Å². The van der Waals surface area contributed by atoms with E-state index < -0.39 is 34.4 Å². The van der Waals surface area contributed by atoms with Crippen LogP contribution in [0.1, 0.15) is 32.1 Å². The summed E-state index contributed by atoms with van der Waals surface area (Å²) in [5.74, 6) is -1.31. The van der Waals surface area contributed by atoms with Crippen LogP contribution in [-0.2, 0) is 4.79 Å². The standard InChI is InChI=1S/C12H18F6O4S2/c13-11(14,15)9(21)23-6-5-7(3-1-2-4-8(19)20)24-10(22)12(16,17)18/h7,9-10,21-22H,1-6H2,(H,19,20). The van der Waals surface area contributed by atoms with Crippen LogP contribution in [0.2, 0.25) is 0 Å². The maximum atomic E-state index is 12.4. The van der Waals surface area contributed by atoms with Gasteiger partial charge in [0, 0.05) is 11.7 Å². The Labute approximate surface area is 143 Å². The summed E-state index contributed by atoms with van der Waals surface area (Å²) in [6, 6.07) is 0. The van der Waals surface area contributed by atoms with E-state index in [2.05, 4.69) is 0 Å². The Morgan fingerprint density at radius 2 is 1.46 bits per heavy atom. The van der Waals surface area contributed by atoms with Crippen molar-refractivity contribution in [2.24, 2.45) is 0 Å². The molecule has 24 heavy (non-hydrogen) atoms. The summed E-state index contributed by atoms with van der Waals surface area (Å²) >= 11 is 0.327. The van der Waals surface area contributed by atoms with Crippen molar-refractivity contribution in [3.05, 3.63) is 0 Å². The van der Waals surface area contributed by atoms with E-state index in [0.717, 1.165) is 0 Å². The highest BCUT2D eigenvalue weighted by Crippen LogP contribution is 2.36. The van der Waals surface area contributed by atoms with Gasteiger partial charge < -0.3 is 15.3 Å². The fourth-order valence-electron chi connectivity index (χ4n) is 1.59. The fourth-order valence-corrected chi connectivity index (χ4v) is 3.65. The first-order valence-corrected chi connectivity index (χ1v) is 8.81. The van der Waals surface area contributed by atoms with Crippen LogP contribution in [-0.4, -0.2) is 55.5 Å². The summed E-state index contributed by atoms with van der Waals surface area (Å²) in [7, 11) is 0. The Hall–Kier alpha value is -0.330. The van der Waals surface area contributed by atoms with Crippen LogP contribution >= 0.6 is 23.5 Å². The minimum atomic E-state index is -4.86. The topological polar surface area (TPSA) is 77.8 Å². The summed E-state index contributed by atoms with van der Waals surface area (Å²) in [5, 5.41) is 25.5. The van der Waals surface area contributed by atoms with Crippen molar-refractivity contribution >= 4 is 29.5 Å². The maximum absolute atomic E-state index is 12.4. The van der Waals surface area contributed by atoms with Gasteiger partial charge >= 0.3 is 18.3 Å². The second-order valence-corrected chi connectivity index (χ2v) is 7.42. The van der Waals surface area contributed by atoms with E-state index >= 15 is 0 Å². The highest BCUT2D eigenvalue weighted by molar-refractivity contribution is 8.01. The van der Waals surface area contributed by atoms with Gasteiger partial charge in [-0.25, -0.2) is 0 Å². The molecule has 0 saturated carbocycles. The van der Waals surface area contributed by atoms with Crippen molar-refractivity contribution in [2.45, 2.75) is 60.6 Å². The van der Waals surface area contributed by atoms with Gasteiger partial charge in [0.1, 0.15) is 0 Å². The third-order valence-electron chi connectivity index (χ3n) is 2.76. The van der Waals surface area contributed by atoms with E-state index in [1.54, 1.807) is 0 Å². The smallest absolute Gasteiger partial charge is 0.423 e. The number of carboxylic acid groups (broad SMARTS) is 1. The first kappa shape index (κ1) is 23.7. The van der Waals surface area contributed by atoms with E-state index in [0.29, 0.717) is 0 Å². The molecule has 3 N–H and O–H groups in total. The molecule has 0 rings (SSSR count). The molecule has 0 aromatic carbocycles. The molecule has 12 heteroatoms. The van der Waals surface area contributed by atoms with Gasteiger partial charge in [-0.05, 0) is 25.0 Å². The molecule has 3 atom stereocenters. The molecule has 0 spiro atoms. The minimum absolute atomic E-state index is 0.0946. The summed E-state index contributed by atoms with van der Waals surface area (Å²) < 4.78 is 73.5. The lowest BCUT2D eigenvalue weighted by Crippen LogP contribution is -2.28. The molecule has 0 aliphatic carbocycles. The highest BCUT2D eigenvalue weighted by Gasteiger charge is 2.41. The molecule has 0 aliphatic rings. The van der Waals surface area contributed by atoms with Crippen LogP contribution in [0.15, 0.2) is 0 Å². The molecule has 0 aromatic heterocycles. The van der Waals surface area contributed by atoms with Gasteiger partial charge in [-0.3, -0.25) is 4.79 Å². The molecule has 3 unspecified atom stereocenters. The van der Waals surface area contributed by atoms with Crippen LogP contribution in [0.25, 0.3) is 0 Å². The molecule has 4 nitrogen and oxygen atoms in total. The molecule has 144 valence electrons. The van der Waals surface area contributed by atoms with E-state index in [1.807, 2.05) is 0 Å². The number of halogens is 6. The Morgan fingerprint density at radius 3 is 1.92 bits per heavy atom. The normalized spacial score (nSPS) is 16.7. The molecule has 0 saturated heterocycles. The molecule has 0 fully saturated rings. The van der Waals surface area contributed by atoms with Gasteiger partial charge in [0.15, 0.2) is 10.9 Å². The maximum Gasteiger partial charge on any atom is 0.423 e. The van der Waals surface area contributed by atoms with Crippen molar-refractivity contribution in [1.29, 1.82) is 0 Å². The second kappa shape index (κ2) is 10.6. The van der Waals surface area contributed by atoms with E-state index in [4.69, 9.17) is 15.3 Å². The zero-order valence-electron chi connectivity index (χ0n) is 12.3. The number of aliphatic hydroxyl groups is 2. The number of rotatable bonds is 11. The van der Waals surface area contributed by atoms with Crippen LogP contribution in [0.5, 0.6) is 0 Å². The zero-order valence-corrected chi connectivity index (χ0v) is 13.9. The third kappa shape index (κ3) is 11.3. The summed E-state index contributed by atoms with van der Waals surface area (Å²) in [6.45, 7) is 0. The molecule has 0 heterocycles. The van der Waals surface area contributed by atoms with Crippen molar-refractivity contribution in [2.75, 3.05) is 5.75 Å². The Kier molecular flexibility index (Phi) is 10.5. The van der Waals surface area contributed by atoms with E-state index in [1.165, 1.54) is 0 Å². The summed E-state index contributed by atoms with van der Waals surface area (Å²) in [5.41, 5.74) is -5.29. The number of aliphatic carboxylic acids is 1. The average Bonchev–Trinajstić information content (AvgIpc) is 2.40. The molecule has 0 bridgehead atoms. The summed E-state index contributed by atoms with van der Waals surface area (Å²) in [4.78, 5) is 10.4. The van der Waals surface area contributed by atoms with E-state index in [9.17, 15) is 31.1 Å². The lowest BCUT2D eigenvalue weighted by Gasteiger charge is -2.22. The van der Waals surface area contributed by atoms with Crippen LogP contribution < -0.4 is 0 Å².